The number of aryl methyl sites for hydroxylation is 1. The van der Waals surface area contributed by atoms with E-state index in [0.29, 0.717) is 17.8 Å². The molecular formula is C11H13N5O. The van der Waals surface area contributed by atoms with Gasteiger partial charge in [0.25, 0.3) is 0 Å². The number of carbonyl (C=O) groups excluding carboxylic acids is 1. The van der Waals surface area contributed by atoms with Crippen molar-refractivity contribution in [1.29, 1.82) is 0 Å². The van der Waals surface area contributed by atoms with E-state index >= 15 is 0 Å². The third kappa shape index (κ3) is 2.54. The number of rotatable bonds is 4. The molecule has 0 fully saturated rings. The Bertz CT molecular complexity index is 534. The second-order valence-corrected chi connectivity index (χ2v) is 3.73. The molecule has 17 heavy (non-hydrogen) atoms. The summed E-state index contributed by atoms with van der Waals surface area (Å²) >= 11 is 0. The Morgan fingerprint density at radius 2 is 2.35 bits per heavy atom. The van der Waals surface area contributed by atoms with Crippen LogP contribution in [0, 0.1) is 6.92 Å². The highest BCUT2D eigenvalue weighted by molar-refractivity contribution is 5.96. The number of Topliss-reactive ketones (excluding diaryl/α,β-unsaturated/α-hetero) is 1. The lowest BCUT2D eigenvalue weighted by molar-refractivity contribution is 0.0966. The molecule has 0 aliphatic heterocycles. The minimum Gasteiger partial charge on any atom is -0.325 e. The topological polar surface area (TPSA) is 86.7 Å². The number of ketones is 1. The summed E-state index contributed by atoms with van der Waals surface area (Å²) in [5.74, 6) is -0.0379. The Balaban J connectivity index is 2.14. The molecule has 6 heteroatoms. The first-order valence-corrected chi connectivity index (χ1v) is 5.23. The molecular weight excluding hydrogens is 218 g/mol. The van der Waals surface area contributed by atoms with Crippen molar-refractivity contribution < 1.29 is 4.79 Å². The van der Waals surface area contributed by atoms with Gasteiger partial charge in [-0.2, -0.15) is 0 Å². The van der Waals surface area contributed by atoms with Crippen molar-refractivity contribution in [3.63, 3.8) is 0 Å². The van der Waals surface area contributed by atoms with E-state index in [9.17, 15) is 4.79 Å². The zero-order chi connectivity index (χ0) is 12.3. The van der Waals surface area contributed by atoms with Crippen molar-refractivity contribution in [2.24, 2.45) is 5.73 Å². The molecule has 0 bridgehead atoms. The first-order valence-electron chi connectivity index (χ1n) is 5.23. The lowest BCUT2D eigenvalue weighted by Crippen LogP contribution is -2.12. The van der Waals surface area contributed by atoms with E-state index in [1.54, 1.807) is 24.7 Å². The van der Waals surface area contributed by atoms with Gasteiger partial charge in [-0.15, -0.1) is 5.10 Å². The molecule has 0 atom stereocenters. The van der Waals surface area contributed by atoms with Crippen LogP contribution in [0.4, 0.5) is 0 Å². The summed E-state index contributed by atoms with van der Waals surface area (Å²) in [4.78, 5) is 15.9. The van der Waals surface area contributed by atoms with Gasteiger partial charge >= 0.3 is 0 Å². The molecule has 2 aromatic heterocycles. The highest BCUT2D eigenvalue weighted by Gasteiger charge is 2.10. The fourth-order valence-corrected chi connectivity index (χ4v) is 1.50. The summed E-state index contributed by atoms with van der Waals surface area (Å²) in [6, 6.07) is 1.81. The third-order valence-corrected chi connectivity index (χ3v) is 2.44. The maximum atomic E-state index is 12.0. The number of hydrogen-bond acceptors (Lipinski definition) is 5. The molecule has 0 saturated carbocycles. The van der Waals surface area contributed by atoms with E-state index in [4.69, 9.17) is 5.73 Å². The molecule has 0 aliphatic carbocycles. The van der Waals surface area contributed by atoms with Crippen molar-refractivity contribution in [3.05, 3.63) is 41.5 Å². The van der Waals surface area contributed by atoms with Gasteiger partial charge in [0.2, 0.25) is 0 Å². The second kappa shape index (κ2) is 4.84. The summed E-state index contributed by atoms with van der Waals surface area (Å²) < 4.78 is 1.48. The highest BCUT2D eigenvalue weighted by atomic mass is 16.1. The molecule has 2 aromatic rings. The zero-order valence-electron chi connectivity index (χ0n) is 9.50. The van der Waals surface area contributed by atoms with Crippen molar-refractivity contribution in [2.75, 3.05) is 0 Å². The van der Waals surface area contributed by atoms with E-state index in [1.807, 2.05) is 6.92 Å². The van der Waals surface area contributed by atoms with Crippen LogP contribution in [0.3, 0.4) is 0 Å². The minimum absolute atomic E-state index is 0.0379. The molecule has 0 saturated heterocycles. The van der Waals surface area contributed by atoms with Crippen LogP contribution in [-0.4, -0.2) is 25.8 Å². The van der Waals surface area contributed by atoms with Crippen molar-refractivity contribution in [2.45, 2.75) is 20.0 Å². The summed E-state index contributed by atoms with van der Waals surface area (Å²) in [5, 5.41) is 7.65. The van der Waals surface area contributed by atoms with E-state index < -0.39 is 0 Å². The molecule has 0 amide bonds. The number of nitrogens with two attached hydrogens (primary N) is 1. The first-order chi connectivity index (χ1) is 8.20. The molecule has 0 aliphatic rings. The molecule has 0 radical (unpaired) electrons. The Morgan fingerprint density at radius 3 is 3.00 bits per heavy atom. The van der Waals surface area contributed by atoms with Crippen LogP contribution < -0.4 is 5.73 Å². The summed E-state index contributed by atoms with van der Waals surface area (Å²) in [5.41, 5.74) is 7.60. The van der Waals surface area contributed by atoms with E-state index in [0.717, 1.165) is 5.56 Å². The molecule has 2 N–H and O–H groups in total. The number of hydrogen-bond donors (Lipinski definition) is 1. The van der Waals surface area contributed by atoms with Crippen LogP contribution in [0.1, 0.15) is 21.6 Å². The van der Waals surface area contributed by atoms with Gasteiger partial charge in [-0.05, 0) is 18.6 Å². The van der Waals surface area contributed by atoms with Crippen LogP contribution in [-0.2, 0) is 13.1 Å². The summed E-state index contributed by atoms with van der Waals surface area (Å²) in [6.45, 7) is 2.35. The predicted octanol–water partition coefficient (Wildman–Crippen LogP) is 0.323. The van der Waals surface area contributed by atoms with Gasteiger partial charge in [0.1, 0.15) is 6.54 Å². The SMILES string of the molecule is Cc1ccncc1C(=O)Cn1cc(CN)nn1. The molecule has 2 heterocycles. The Hall–Kier alpha value is -2.08. The van der Waals surface area contributed by atoms with Crippen molar-refractivity contribution in [1.82, 2.24) is 20.0 Å². The minimum atomic E-state index is -0.0379. The monoisotopic (exact) mass is 231 g/mol. The fourth-order valence-electron chi connectivity index (χ4n) is 1.50. The van der Waals surface area contributed by atoms with Crippen LogP contribution in [0.15, 0.2) is 24.7 Å². The molecule has 2 rings (SSSR count). The highest BCUT2D eigenvalue weighted by Crippen LogP contribution is 2.07. The molecule has 0 unspecified atom stereocenters. The standard InChI is InChI=1S/C11H13N5O/c1-8-2-3-13-5-10(8)11(17)7-16-6-9(4-12)14-15-16/h2-3,5-6H,4,7,12H2,1H3. The largest absolute Gasteiger partial charge is 0.325 e. The predicted molar refractivity (Wildman–Crippen MR) is 61.2 cm³/mol. The summed E-state index contributed by atoms with van der Waals surface area (Å²) in [7, 11) is 0. The van der Waals surface area contributed by atoms with Crippen LogP contribution in [0.2, 0.25) is 0 Å². The maximum absolute atomic E-state index is 12.0. The van der Waals surface area contributed by atoms with Gasteiger partial charge in [0.15, 0.2) is 5.78 Å². The Labute approximate surface area is 98.5 Å². The Kier molecular flexibility index (Phi) is 3.24. The average molecular weight is 231 g/mol. The summed E-state index contributed by atoms with van der Waals surface area (Å²) in [6.07, 6.45) is 4.90. The maximum Gasteiger partial charge on any atom is 0.186 e. The van der Waals surface area contributed by atoms with Crippen molar-refractivity contribution >= 4 is 5.78 Å². The lowest BCUT2D eigenvalue weighted by atomic mass is 10.1. The quantitative estimate of drug-likeness (QED) is 0.766. The van der Waals surface area contributed by atoms with Gasteiger partial charge in [0, 0.05) is 24.5 Å². The lowest BCUT2D eigenvalue weighted by Gasteiger charge is -2.03. The number of nitrogens with zero attached hydrogens (tertiary/aromatic N) is 4. The van der Waals surface area contributed by atoms with Crippen LogP contribution in [0.5, 0.6) is 0 Å². The molecule has 0 aromatic carbocycles. The van der Waals surface area contributed by atoms with E-state index in [1.165, 1.54) is 4.68 Å². The van der Waals surface area contributed by atoms with Gasteiger partial charge in [-0.25, -0.2) is 4.68 Å². The molecule has 88 valence electrons. The van der Waals surface area contributed by atoms with E-state index in [-0.39, 0.29) is 12.3 Å². The molecule has 6 nitrogen and oxygen atoms in total. The number of aromatic nitrogens is 4. The zero-order valence-corrected chi connectivity index (χ0v) is 9.50. The Morgan fingerprint density at radius 1 is 1.53 bits per heavy atom. The molecule has 0 spiro atoms. The number of pyridine rings is 1. The van der Waals surface area contributed by atoms with Crippen molar-refractivity contribution in [3.8, 4) is 0 Å². The normalized spacial score (nSPS) is 10.5. The first kappa shape index (κ1) is 11.4. The fraction of sp³-hybridized carbons (Fsp3) is 0.273. The van der Waals surface area contributed by atoms with Crippen LogP contribution in [0.25, 0.3) is 0 Å². The van der Waals surface area contributed by atoms with Gasteiger partial charge in [-0.3, -0.25) is 9.78 Å². The third-order valence-electron chi connectivity index (χ3n) is 2.44. The smallest absolute Gasteiger partial charge is 0.186 e. The van der Waals surface area contributed by atoms with E-state index in [2.05, 4.69) is 15.3 Å². The van der Waals surface area contributed by atoms with Crippen LogP contribution >= 0.6 is 0 Å². The van der Waals surface area contributed by atoms with Gasteiger partial charge in [0.05, 0.1) is 11.9 Å². The number of carbonyl (C=O) groups is 1. The van der Waals surface area contributed by atoms with Gasteiger partial charge < -0.3 is 5.73 Å². The van der Waals surface area contributed by atoms with Gasteiger partial charge in [-0.1, -0.05) is 5.21 Å². The average Bonchev–Trinajstić information content (AvgIpc) is 2.77. The second-order valence-electron chi connectivity index (χ2n) is 3.73.